The molecule has 5 heteroatoms. The fourth-order valence-corrected chi connectivity index (χ4v) is 1.53. The SMILES string of the molecule is CCOC(=O)/C=C\c1ccc([N+](=O)[O-])c(CC)c1. The summed E-state index contributed by atoms with van der Waals surface area (Å²) in [6.07, 6.45) is 3.46. The molecule has 0 amide bonds. The van der Waals surface area contributed by atoms with Gasteiger partial charge < -0.3 is 4.74 Å². The molecule has 0 saturated heterocycles. The fourth-order valence-electron chi connectivity index (χ4n) is 1.53. The van der Waals surface area contributed by atoms with Crippen molar-refractivity contribution >= 4 is 17.7 Å². The predicted octanol–water partition coefficient (Wildman–Crippen LogP) is 2.73. The van der Waals surface area contributed by atoms with E-state index < -0.39 is 10.9 Å². The molecule has 1 aromatic rings. The lowest BCUT2D eigenvalue weighted by Gasteiger charge is -2.01. The maximum absolute atomic E-state index is 11.1. The number of rotatable bonds is 5. The van der Waals surface area contributed by atoms with E-state index in [4.69, 9.17) is 4.74 Å². The number of hydrogen-bond acceptors (Lipinski definition) is 4. The van der Waals surface area contributed by atoms with Crippen LogP contribution in [0.2, 0.25) is 0 Å². The number of esters is 1. The molecule has 0 saturated carbocycles. The van der Waals surface area contributed by atoms with Gasteiger partial charge in [0.2, 0.25) is 0 Å². The minimum absolute atomic E-state index is 0.103. The third-order valence-electron chi connectivity index (χ3n) is 2.38. The van der Waals surface area contributed by atoms with Crippen molar-refractivity contribution in [3.05, 3.63) is 45.5 Å². The molecular weight excluding hydrogens is 234 g/mol. The van der Waals surface area contributed by atoms with Crippen LogP contribution in [0.3, 0.4) is 0 Å². The molecule has 0 unspecified atom stereocenters. The average molecular weight is 249 g/mol. The highest BCUT2D eigenvalue weighted by Crippen LogP contribution is 2.21. The Bertz CT molecular complexity index is 480. The normalized spacial score (nSPS) is 10.6. The van der Waals surface area contributed by atoms with Gasteiger partial charge in [0, 0.05) is 17.7 Å². The Morgan fingerprint density at radius 1 is 1.44 bits per heavy atom. The van der Waals surface area contributed by atoms with Crippen LogP contribution in [-0.4, -0.2) is 17.5 Å². The van der Waals surface area contributed by atoms with Gasteiger partial charge in [-0.2, -0.15) is 0 Å². The molecule has 0 aromatic heterocycles. The molecular formula is C13H15NO4. The van der Waals surface area contributed by atoms with Crippen molar-refractivity contribution in [1.82, 2.24) is 0 Å². The van der Waals surface area contributed by atoms with Gasteiger partial charge in [0.1, 0.15) is 0 Å². The van der Waals surface area contributed by atoms with E-state index in [0.29, 0.717) is 18.6 Å². The molecule has 0 spiro atoms. The first-order valence-corrected chi connectivity index (χ1v) is 5.70. The summed E-state index contributed by atoms with van der Waals surface area (Å²) in [7, 11) is 0. The fraction of sp³-hybridized carbons (Fsp3) is 0.308. The molecule has 0 bridgehead atoms. The first kappa shape index (κ1) is 13.9. The number of carbonyl (C=O) groups excluding carboxylic acids is 1. The van der Waals surface area contributed by atoms with Gasteiger partial charge in [-0.15, -0.1) is 0 Å². The molecule has 0 N–H and O–H groups in total. The molecule has 18 heavy (non-hydrogen) atoms. The molecule has 0 aliphatic carbocycles. The summed E-state index contributed by atoms with van der Waals surface area (Å²) in [5.41, 5.74) is 1.49. The van der Waals surface area contributed by atoms with E-state index in [1.807, 2.05) is 6.92 Å². The molecule has 0 heterocycles. The second kappa shape index (κ2) is 6.54. The summed E-state index contributed by atoms with van der Waals surface area (Å²) in [5, 5.41) is 10.8. The number of hydrogen-bond donors (Lipinski definition) is 0. The zero-order chi connectivity index (χ0) is 13.5. The van der Waals surface area contributed by atoms with E-state index in [0.717, 1.165) is 5.56 Å². The maximum atomic E-state index is 11.1. The summed E-state index contributed by atoms with van der Waals surface area (Å²) in [6.45, 7) is 3.90. The summed E-state index contributed by atoms with van der Waals surface area (Å²) in [5.74, 6) is -0.422. The lowest BCUT2D eigenvalue weighted by molar-refractivity contribution is -0.385. The maximum Gasteiger partial charge on any atom is 0.330 e. The van der Waals surface area contributed by atoms with Crippen LogP contribution < -0.4 is 0 Å². The third kappa shape index (κ3) is 3.69. The van der Waals surface area contributed by atoms with Gasteiger partial charge in [-0.3, -0.25) is 10.1 Å². The van der Waals surface area contributed by atoms with Crippen molar-refractivity contribution in [2.45, 2.75) is 20.3 Å². The van der Waals surface area contributed by atoms with Gasteiger partial charge in [-0.1, -0.05) is 6.92 Å². The molecule has 0 fully saturated rings. The minimum Gasteiger partial charge on any atom is -0.463 e. The summed E-state index contributed by atoms with van der Waals surface area (Å²) in [4.78, 5) is 21.5. The van der Waals surface area contributed by atoms with Crippen LogP contribution in [0.25, 0.3) is 6.08 Å². The van der Waals surface area contributed by atoms with E-state index in [2.05, 4.69) is 0 Å². The van der Waals surface area contributed by atoms with E-state index in [9.17, 15) is 14.9 Å². The van der Waals surface area contributed by atoms with Crippen LogP contribution in [0.15, 0.2) is 24.3 Å². The van der Waals surface area contributed by atoms with Crippen molar-refractivity contribution in [1.29, 1.82) is 0 Å². The van der Waals surface area contributed by atoms with Crippen molar-refractivity contribution in [3.8, 4) is 0 Å². The average Bonchev–Trinajstić information content (AvgIpc) is 2.36. The third-order valence-corrected chi connectivity index (χ3v) is 2.38. The van der Waals surface area contributed by atoms with Crippen molar-refractivity contribution in [2.24, 2.45) is 0 Å². The van der Waals surface area contributed by atoms with Gasteiger partial charge in [-0.05, 0) is 37.1 Å². The second-order valence-electron chi connectivity index (χ2n) is 3.58. The van der Waals surface area contributed by atoms with E-state index >= 15 is 0 Å². The summed E-state index contributed by atoms with van der Waals surface area (Å²) in [6, 6.07) is 4.75. The van der Waals surface area contributed by atoms with E-state index in [-0.39, 0.29) is 5.69 Å². The largest absolute Gasteiger partial charge is 0.463 e. The second-order valence-corrected chi connectivity index (χ2v) is 3.58. The van der Waals surface area contributed by atoms with Gasteiger partial charge in [0.25, 0.3) is 5.69 Å². The number of carbonyl (C=O) groups is 1. The van der Waals surface area contributed by atoms with Crippen LogP contribution in [0.4, 0.5) is 5.69 Å². The molecule has 0 aliphatic rings. The Morgan fingerprint density at radius 3 is 2.72 bits per heavy atom. The summed E-state index contributed by atoms with van der Waals surface area (Å²) >= 11 is 0. The topological polar surface area (TPSA) is 69.4 Å². The molecule has 96 valence electrons. The number of nitrogens with zero attached hydrogens (tertiary/aromatic N) is 1. The highest BCUT2D eigenvalue weighted by atomic mass is 16.6. The monoisotopic (exact) mass is 249 g/mol. The number of nitro groups is 1. The highest BCUT2D eigenvalue weighted by Gasteiger charge is 2.11. The molecule has 0 radical (unpaired) electrons. The van der Waals surface area contributed by atoms with E-state index in [1.54, 1.807) is 25.1 Å². The van der Waals surface area contributed by atoms with Gasteiger partial charge in [0.05, 0.1) is 11.5 Å². The number of ether oxygens (including phenoxy) is 1. The first-order chi connectivity index (χ1) is 8.58. The van der Waals surface area contributed by atoms with Crippen LogP contribution in [0.5, 0.6) is 0 Å². The molecule has 5 nitrogen and oxygen atoms in total. The van der Waals surface area contributed by atoms with Crippen LogP contribution in [-0.2, 0) is 16.0 Å². The number of nitro benzene ring substituents is 1. The van der Waals surface area contributed by atoms with Crippen molar-refractivity contribution in [3.63, 3.8) is 0 Å². The van der Waals surface area contributed by atoms with Crippen molar-refractivity contribution in [2.75, 3.05) is 6.61 Å². The highest BCUT2D eigenvalue weighted by molar-refractivity contribution is 5.87. The Balaban J connectivity index is 2.92. The Morgan fingerprint density at radius 2 is 2.17 bits per heavy atom. The van der Waals surface area contributed by atoms with Gasteiger partial charge in [0.15, 0.2) is 0 Å². The zero-order valence-corrected chi connectivity index (χ0v) is 10.4. The van der Waals surface area contributed by atoms with Gasteiger partial charge >= 0.3 is 5.97 Å². The molecule has 0 aliphatic heterocycles. The lowest BCUT2D eigenvalue weighted by atomic mass is 10.1. The molecule has 1 rings (SSSR count). The van der Waals surface area contributed by atoms with Crippen molar-refractivity contribution < 1.29 is 14.5 Å². The Kier molecular flexibility index (Phi) is 5.05. The molecule has 0 atom stereocenters. The van der Waals surface area contributed by atoms with E-state index in [1.165, 1.54) is 12.1 Å². The standard InChI is InChI=1S/C13H15NO4/c1-3-11-9-10(5-7-12(11)14(16)17)6-8-13(15)18-4-2/h5-9H,3-4H2,1-2H3/b8-6-. The Labute approximate surface area is 105 Å². The Hall–Kier alpha value is -2.17. The lowest BCUT2D eigenvalue weighted by Crippen LogP contribution is -1.99. The molecule has 1 aromatic carbocycles. The van der Waals surface area contributed by atoms with Crippen LogP contribution in [0, 0.1) is 10.1 Å². The quantitative estimate of drug-likeness (QED) is 0.348. The zero-order valence-electron chi connectivity index (χ0n) is 10.4. The number of aryl methyl sites for hydroxylation is 1. The van der Waals surface area contributed by atoms with Gasteiger partial charge in [-0.25, -0.2) is 4.79 Å². The van der Waals surface area contributed by atoms with Crippen LogP contribution >= 0.6 is 0 Å². The predicted molar refractivity (Wildman–Crippen MR) is 68.1 cm³/mol. The first-order valence-electron chi connectivity index (χ1n) is 5.70. The van der Waals surface area contributed by atoms with Crippen LogP contribution in [0.1, 0.15) is 25.0 Å². The number of benzene rings is 1. The smallest absolute Gasteiger partial charge is 0.330 e. The minimum atomic E-state index is -0.422. The summed E-state index contributed by atoms with van der Waals surface area (Å²) < 4.78 is 4.75.